The molecule has 1 unspecified atom stereocenters. The molecule has 3 aromatic rings. The van der Waals surface area contributed by atoms with Gasteiger partial charge in [0.1, 0.15) is 12.1 Å². The lowest BCUT2D eigenvalue weighted by atomic mass is 10.1. The molecular formula is C21H22N4O4. The van der Waals surface area contributed by atoms with Crippen molar-refractivity contribution >= 4 is 11.7 Å². The lowest BCUT2D eigenvalue weighted by Gasteiger charge is -2.40. The number of para-hydroxylation sites is 2. The molecule has 8 heteroatoms. The Morgan fingerprint density at radius 2 is 1.97 bits per heavy atom. The van der Waals surface area contributed by atoms with Crippen LogP contribution in [0.1, 0.15) is 17.5 Å². The molecule has 0 saturated carbocycles. The number of piperazine rings is 1. The zero-order valence-corrected chi connectivity index (χ0v) is 16.3. The molecule has 3 heterocycles. The van der Waals surface area contributed by atoms with Crippen LogP contribution in [0, 0.1) is 0 Å². The number of furan rings is 1. The van der Waals surface area contributed by atoms with Crippen LogP contribution in [0.15, 0.2) is 59.5 Å². The van der Waals surface area contributed by atoms with Crippen molar-refractivity contribution in [2.45, 2.75) is 13.0 Å². The maximum Gasteiger partial charge on any atom is 0.289 e. The third-order valence-corrected chi connectivity index (χ3v) is 4.86. The average molecular weight is 394 g/mol. The molecule has 4 rings (SSSR count). The van der Waals surface area contributed by atoms with Gasteiger partial charge >= 0.3 is 0 Å². The summed E-state index contributed by atoms with van der Waals surface area (Å²) in [6.07, 6.45) is 2.99. The molecule has 0 spiro atoms. The zero-order chi connectivity index (χ0) is 20.2. The molecule has 0 N–H and O–H groups in total. The van der Waals surface area contributed by atoms with Crippen molar-refractivity contribution in [3.8, 4) is 17.4 Å². The predicted octanol–water partition coefficient (Wildman–Crippen LogP) is 3.22. The molecule has 1 aliphatic heterocycles. The number of ether oxygens (including phenoxy) is 2. The molecule has 0 aliphatic carbocycles. The number of hydrogen-bond acceptors (Lipinski definition) is 7. The second-order valence-electron chi connectivity index (χ2n) is 6.74. The topological polar surface area (TPSA) is 80.9 Å². The highest BCUT2D eigenvalue weighted by molar-refractivity contribution is 5.91. The van der Waals surface area contributed by atoms with E-state index in [2.05, 4.69) is 14.9 Å². The number of benzene rings is 1. The molecule has 8 nitrogen and oxygen atoms in total. The van der Waals surface area contributed by atoms with Crippen LogP contribution >= 0.6 is 0 Å². The van der Waals surface area contributed by atoms with Crippen molar-refractivity contribution in [2.75, 3.05) is 31.6 Å². The van der Waals surface area contributed by atoms with E-state index in [1.807, 2.05) is 36.1 Å². The fraction of sp³-hybridized carbons (Fsp3) is 0.286. The van der Waals surface area contributed by atoms with Crippen molar-refractivity contribution in [1.29, 1.82) is 0 Å². The van der Waals surface area contributed by atoms with Gasteiger partial charge in [-0.2, -0.15) is 0 Å². The number of amides is 1. The largest absolute Gasteiger partial charge is 0.493 e. The second kappa shape index (κ2) is 8.22. The summed E-state index contributed by atoms with van der Waals surface area (Å²) in [5, 5.41) is 0. The lowest BCUT2D eigenvalue weighted by Crippen LogP contribution is -2.54. The Morgan fingerprint density at radius 1 is 1.14 bits per heavy atom. The molecule has 1 atom stereocenters. The summed E-state index contributed by atoms with van der Waals surface area (Å²) in [5.41, 5.74) is 0. The first-order chi connectivity index (χ1) is 14.2. The van der Waals surface area contributed by atoms with Gasteiger partial charge in [-0.1, -0.05) is 12.1 Å². The summed E-state index contributed by atoms with van der Waals surface area (Å²) >= 11 is 0. The van der Waals surface area contributed by atoms with E-state index < -0.39 is 0 Å². The molecule has 0 bridgehead atoms. The van der Waals surface area contributed by atoms with Crippen molar-refractivity contribution in [3.63, 3.8) is 0 Å². The predicted molar refractivity (Wildman–Crippen MR) is 107 cm³/mol. The Morgan fingerprint density at radius 3 is 2.69 bits per heavy atom. The maximum atomic E-state index is 12.6. The standard InChI is InChI=1S/C21H22N4O4/c1-15-13-24(9-10-25(15)21(26)18-8-5-11-28-18)19-12-20(23-14-22-19)29-17-7-4-3-6-16(17)27-2/h3-8,11-12,14-15H,9-10,13H2,1-2H3. The molecule has 29 heavy (non-hydrogen) atoms. The van der Waals surface area contributed by atoms with E-state index in [1.54, 1.807) is 25.3 Å². The molecule has 1 fully saturated rings. The van der Waals surface area contributed by atoms with Crippen molar-refractivity contribution in [3.05, 3.63) is 60.8 Å². The normalized spacial score (nSPS) is 16.6. The van der Waals surface area contributed by atoms with Crippen molar-refractivity contribution in [1.82, 2.24) is 14.9 Å². The summed E-state index contributed by atoms with van der Waals surface area (Å²) in [4.78, 5) is 25.1. The average Bonchev–Trinajstić information content (AvgIpc) is 3.29. The van der Waals surface area contributed by atoms with Gasteiger partial charge in [0.25, 0.3) is 5.91 Å². The number of rotatable bonds is 5. The molecule has 1 saturated heterocycles. The minimum Gasteiger partial charge on any atom is -0.493 e. The van der Waals surface area contributed by atoms with Crippen molar-refractivity contribution < 1.29 is 18.7 Å². The molecule has 150 valence electrons. The Bertz CT molecular complexity index is 976. The van der Waals surface area contributed by atoms with Gasteiger partial charge in [0.05, 0.1) is 13.4 Å². The molecule has 1 amide bonds. The summed E-state index contributed by atoms with van der Waals surface area (Å²) in [5.74, 6) is 2.67. The minimum atomic E-state index is -0.0926. The van der Waals surface area contributed by atoms with Crippen LogP contribution in [0.25, 0.3) is 0 Å². The third kappa shape index (κ3) is 4.01. The Balaban J connectivity index is 1.46. The van der Waals surface area contributed by atoms with Gasteiger partial charge in [-0.25, -0.2) is 9.97 Å². The molecule has 2 aromatic heterocycles. The molecule has 1 aromatic carbocycles. The summed E-state index contributed by atoms with van der Waals surface area (Å²) in [6.45, 7) is 3.90. The van der Waals surface area contributed by atoms with Gasteiger partial charge in [0.15, 0.2) is 17.3 Å². The summed E-state index contributed by atoms with van der Waals surface area (Å²) < 4.78 is 16.5. The Labute approximate surface area is 168 Å². The van der Waals surface area contributed by atoms with Crippen LogP contribution in [0.2, 0.25) is 0 Å². The van der Waals surface area contributed by atoms with E-state index in [1.165, 1.54) is 12.6 Å². The maximum absolute atomic E-state index is 12.6. The van der Waals surface area contributed by atoms with Gasteiger partial charge in [-0.15, -0.1) is 0 Å². The fourth-order valence-corrected chi connectivity index (χ4v) is 3.38. The van der Waals surface area contributed by atoms with Crippen LogP contribution < -0.4 is 14.4 Å². The van der Waals surface area contributed by atoms with Gasteiger partial charge in [0, 0.05) is 31.7 Å². The summed E-state index contributed by atoms with van der Waals surface area (Å²) in [7, 11) is 1.60. The monoisotopic (exact) mass is 394 g/mol. The second-order valence-corrected chi connectivity index (χ2v) is 6.74. The number of anilines is 1. The number of nitrogens with zero attached hydrogens (tertiary/aromatic N) is 4. The first-order valence-corrected chi connectivity index (χ1v) is 9.38. The number of carbonyl (C=O) groups excluding carboxylic acids is 1. The minimum absolute atomic E-state index is 0.00917. The van der Waals surface area contributed by atoms with Crippen LogP contribution in [-0.4, -0.2) is 53.6 Å². The first-order valence-electron chi connectivity index (χ1n) is 9.38. The smallest absolute Gasteiger partial charge is 0.289 e. The van der Waals surface area contributed by atoms with E-state index in [0.717, 1.165) is 5.82 Å². The summed E-state index contributed by atoms with van der Waals surface area (Å²) in [6, 6.07) is 12.6. The van der Waals surface area contributed by atoms with E-state index in [0.29, 0.717) is 42.8 Å². The lowest BCUT2D eigenvalue weighted by molar-refractivity contribution is 0.0641. The van der Waals surface area contributed by atoms with Crippen LogP contribution in [0.5, 0.6) is 17.4 Å². The number of aromatic nitrogens is 2. The molecule has 0 radical (unpaired) electrons. The van der Waals surface area contributed by atoms with Crippen LogP contribution in [0.3, 0.4) is 0 Å². The highest BCUT2D eigenvalue weighted by Crippen LogP contribution is 2.31. The van der Waals surface area contributed by atoms with Crippen molar-refractivity contribution in [2.24, 2.45) is 0 Å². The van der Waals surface area contributed by atoms with Crippen LogP contribution in [-0.2, 0) is 0 Å². The number of methoxy groups -OCH3 is 1. The molecular weight excluding hydrogens is 372 g/mol. The van der Waals surface area contributed by atoms with Gasteiger partial charge in [-0.3, -0.25) is 4.79 Å². The SMILES string of the molecule is COc1ccccc1Oc1cc(N2CCN(C(=O)c3ccco3)C(C)C2)ncn1. The van der Waals surface area contributed by atoms with Gasteiger partial charge in [0.2, 0.25) is 5.88 Å². The van der Waals surface area contributed by atoms with E-state index in [9.17, 15) is 4.79 Å². The Kier molecular flexibility index (Phi) is 5.33. The zero-order valence-electron chi connectivity index (χ0n) is 16.3. The highest BCUT2D eigenvalue weighted by Gasteiger charge is 2.30. The van der Waals surface area contributed by atoms with E-state index in [-0.39, 0.29) is 11.9 Å². The van der Waals surface area contributed by atoms with Gasteiger partial charge in [-0.05, 0) is 31.2 Å². The van der Waals surface area contributed by atoms with Gasteiger partial charge < -0.3 is 23.7 Å². The van der Waals surface area contributed by atoms with Crippen LogP contribution in [0.4, 0.5) is 5.82 Å². The fourth-order valence-electron chi connectivity index (χ4n) is 3.38. The number of hydrogen-bond donors (Lipinski definition) is 0. The van der Waals surface area contributed by atoms with E-state index >= 15 is 0 Å². The number of carbonyl (C=O) groups is 1. The third-order valence-electron chi connectivity index (χ3n) is 4.86. The first kappa shape index (κ1) is 18.8. The quantitative estimate of drug-likeness (QED) is 0.657. The highest BCUT2D eigenvalue weighted by atomic mass is 16.5. The molecule has 1 aliphatic rings. The van der Waals surface area contributed by atoms with E-state index in [4.69, 9.17) is 13.9 Å². The Hall–Kier alpha value is -3.55.